The highest BCUT2D eigenvalue weighted by Crippen LogP contribution is 2.32. The van der Waals surface area contributed by atoms with Crippen molar-refractivity contribution in [3.05, 3.63) is 71.0 Å². The Hall–Kier alpha value is -3.81. The van der Waals surface area contributed by atoms with Crippen LogP contribution >= 0.6 is 0 Å². The molecule has 3 aromatic rings. The van der Waals surface area contributed by atoms with Gasteiger partial charge >= 0.3 is 0 Å². The van der Waals surface area contributed by atoms with Gasteiger partial charge in [-0.3, -0.25) is 9.59 Å². The number of rotatable bonds is 6. The number of nitrogens with one attached hydrogen (secondary N) is 1. The molecule has 0 saturated carbocycles. The third-order valence-electron chi connectivity index (χ3n) is 5.30. The monoisotopic (exact) mass is 420 g/mol. The lowest BCUT2D eigenvalue weighted by Gasteiger charge is -2.18. The fourth-order valence-corrected chi connectivity index (χ4v) is 3.48. The largest absolute Gasteiger partial charge is 0.454 e. The van der Waals surface area contributed by atoms with Gasteiger partial charge in [-0.2, -0.15) is 5.10 Å². The van der Waals surface area contributed by atoms with Crippen LogP contribution in [0.3, 0.4) is 0 Å². The van der Waals surface area contributed by atoms with E-state index in [4.69, 9.17) is 9.47 Å². The van der Waals surface area contributed by atoms with Gasteiger partial charge in [0, 0.05) is 30.4 Å². The number of para-hydroxylation sites is 1. The zero-order chi connectivity index (χ0) is 22.0. The number of hydrogen-bond donors (Lipinski definition) is 1. The minimum absolute atomic E-state index is 0.102. The van der Waals surface area contributed by atoms with Crippen LogP contribution in [0.5, 0.6) is 11.5 Å². The Kier molecular flexibility index (Phi) is 5.62. The van der Waals surface area contributed by atoms with E-state index in [2.05, 4.69) is 10.4 Å². The summed E-state index contributed by atoms with van der Waals surface area (Å²) in [5, 5.41) is 7.29. The Labute approximate surface area is 180 Å². The van der Waals surface area contributed by atoms with E-state index in [-0.39, 0.29) is 25.2 Å². The zero-order valence-corrected chi connectivity index (χ0v) is 17.7. The molecule has 0 spiro atoms. The van der Waals surface area contributed by atoms with Crippen molar-refractivity contribution in [1.29, 1.82) is 0 Å². The van der Waals surface area contributed by atoms with E-state index in [1.807, 2.05) is 48.9 Å². The van der Waals surface area contributed by atoms with Crippen LogP contribution in [0, 0.1) is 13.8 Å². The molecule has 2 amide bonds. The van der Waals surface area contributed by atoms with Gasteiger partial charge in [0.05, 0.1) is 17.9 Å². The van der Waals surface area contributed by atoms with Crippen LogP contribution in [-0.4, -0.2) is 46.9 Å². The third-order valence-corrected chi connectivity index (χ3v) is 5.30. The van der Waals surface area contributed by atoms with Gasteiger partial charge < -0.3 is 19.7 Å². The van der Waals surface area contributed by atoms with Crippen LogP contribution in [-0.2, 0) is 11.3 Å². The molecule has 1 aliphatic rings. The summed E-state index contributed by atoms with van der Waals surface area (Å²) in [5.74, 6) is 0.594. The van der Waals surface area contributed by atoms with E-state index in [0.717, 1.165) is 22.6 Å². The number of carbonyl (C=O) groups excluding carboxylic acids is 2. The molecule has 0 bridgehead atoms. The van der Waals surface area contributed by atoms with Gasteiger partial charge in [-0.1, -0.05) is 18.2 Å². The van der Waals surface area contributed by atoms with Gasteiger partial charge in [0.1, 0.15) is 0 Å². The quantitative estimate of drug-likeness (QED) is 0.663. The SMILES string of the molecule is Cc1nn(-c2ccccc2)c(C)c1CN(C)C(=O)CNC(=O)c1ccc2c(c1)OCO2. The van der Waals surface area contributed by atoms with E-state index >= 15 is 0 Å². The normalized spacial score (nSPS) is 12.0. The highest BCUT2D eigenvalue weighted by molar-refractivity contribution is 5.97. The minimum Gasteiger partial charge on any atom is -0.454 e. The van der Waals surface area contributed by atoms with Crippen LogP contribution in [0.4, 0.5) is 0 Å². The summed E-state index contributed by atoms with van der Waals surface area (Å²) in [6, 6.07) is 14.8. The standard InChI is InChI=1S/C23H24N4O4/c1-15-19(16(2)27(25-15)18-7-5-4-6-8-18)13-26(3)22(28)12-24-23(29)17-9-10-20-21(11-17)31-14-30-20/h4-11H,12-14H2,1-3H3,(H,24,29). The molecule has 0 unspecified atom stereocenters. The summed E-state index contributed by atoms with van der Waals surface area (Å²) in [6.45, 7) is 4.37. The Balaban J connectivity index is 1.38. The molecule has 8 heteroatoms. The number of ether oxygens (including phenoxy) is 2. The van der Waals surface area contributed by atoms with Crippen LogP contribution in [0.25, 0.3) is 5.69 Å². The Morgan fingerprint density at radius 1 is 1.10 bits per heavy atom. The van der Waals surface area contributed by atoms with Gasteiger partial charge in [-0.15, -0.1) is 0 Å². The molecular formula is C23H24N4O4. The predicted molar refractivity (Wildman–Crippen MR) is 114 cm³/mol. The molecule has 0 aliphatic carbocycles. The predicted octanol–water partition coefficient (Wildman–Crippen LogP) is 2.61. The first-order valence-corrected chi connectivity index (χ1v) is 9.96. The fraction of sp³-hybridized carbons (Fsp3) is 0.261. The van der Waals surface area contributed by atoms with Crippen molar-refractivity contribution in [3.8, 4) is 17.2 Å². The number of carbonyl (C=O) groups is 2. The third kappa shape index (κ3) is 4.23. The molecule has 4 rings (SSSR count). The summed E-state index contributed by atoms with van der Waals surface area (Å²) in [5.41, 5.74) is 4.22. The molecule has 2 heterocycles. The van der Waals surface area contributed by atoms with E-state index in [1.54, 1.807) is 30.1 Å². The highest BCUT2D eigenvalue weighted by Gasteiger charge is 2.19. The molecule has 1 aliphatic heterocycles. The average molecular weight is 420 g/mol. The molecule has 0 radical (unpaired) electrons. The second-order valence-corrected chi connectivity index (χ2v) is 7.40. The second-order valence-electron chi connectivity index (χ2n) is 7.40. The van der Waals surface area contributed by atoms with Crippen molar-refractivity contribution in [2.24, 2.45) is 0 Å². The van der Waals surface area contributed by atoms with Gasteiger partial charge in [0.2, 0.25) is 12.7 Å². The lowest BCUT2D eigenvalue weighted by molar-refractivity contribution is -0.129. The summed E-state index contributed by atoms with van der Waals surface area (Å²) in [7, 11) is 1.72. The lowest BCUT2D eigenvalue weighted by atomic mass is 10.2. The fourth-order valence-electron chi connectivity index (χ4n) is 3.48. The smallest absolute Gasteiger partial charge is 0.251 e. The van der Waals surface area contributed by atoms with Crippen molar-refractivity contribution < 1.29 is 19.1 Å². The molecule has 2 aromatic carbocycles. The first-order chi connectivity index (χ1) is 14.9. The second kappa shape index (κ2) is 8.51. The molecule has 0 saturated heterocycles. The zero-order valence-electron chi connectivity index (χ0n) is 17.7. The van der Waals surface area contributed by atoms with Crippen molar-refractivity contribution in [2.45, 2.75) is 20.4 Å². The van der Waals surface area contributed by atoms with Crippen LogP contribution in [0.15, 0.2) is 48.5 Å². The molecule has 31 heavy (non-hydrogen) atoms. The first-order valence-electron chi connectivity index (χ1n) is 9.96. The maximum Gasteiger partial charge on any atom is 0.251 e. The van der Waals surface area contributed by atoms with Crippen LogP contribution in [0.1, 0.15) is 27.3 Å². The van der Waals surface area contributed by atoms with Gasteiger partial charge in [-0.25, -0.2) is 4.68 Å². The summed E-state index contributed by atoms with van der Waals surface area (Å²) < 4.78 is 12.4. The molecule has 1 aromatic heterocycles. The molecule has 160 valence electrons. The number of aryl methyl sites for hydroxylation is 1. The molecule has 8 nitrogen and oxygen atoms in total. The number of nitrogens with zero attached hydrogens (tertiary/aromatic N) is 3. The summed E-state index contributed by atoms with van der Waals surface area (Å²) >= 11 is 0. The van der Waals surface area contributed by atoms with Crippen molar-refractivity contribution in [1.82, 2.24) is 20.0 Å². The topological polar surface area (TPSA) is 85.7 Å². The number of hydrogen-bond acceptors (Lipinski definition) is 5. The van der Waals surface area contributed by atoms with E-state index in [0.29, 0.717) is 23.6 Å². The van der Waals surface area contributed by atoms with E-state index in [1.165, 1.54) is 0 Å². The molecule has 1 N–H and O–H groups in total. The number of benzene rings is 2. The Morgan fingerprint density at radius 2 is 1.84 bits per heavy atom. The van der Waals surface area contributed by atoms with E-state index in [9.17, 15) is 9.59 Å². The van der Waals surface area contributed by atoms with Gasteiger partial charge in [-0.05, 0) is 44.2 Å². The van der Waals surface area contributed by atoms with Gasteiger partial charge in [0.15, 0.2) is 11.5 Å². The van der Waals surface area contributed by atoms with Crippen molar-refractivity contribution >= 4 is 11.8 Å². The van der Waals surface area contributed by atoms with Crippen molar-refractivity contribution in [3.63, 3.8) is 0 Å². The van der Waals surface area contributed by atoms with Crippen LogP contribution in [0.2, 0.25) is 0 Å². The van der Waals surface area contributed by atoms with Crippen molar-refractivity contribution in [2.75, 3.05) is 20.4 Å². The maximum absolute atomic E-state index is 12.6. The maximum atomic E-state index is 12.6. The number of likely N-dealkylation sites (N-methyl/N-ethyl adjacent to an activating group) is 1. The Bertz CT molecular complexity index is 1120. The first kappa shape index (κ1) is 20.5. The Morgan fingerprint density at radius 3 is 2.61 bits per heavy atom. The van der Waals surface area contributed by atoms with Crippen LogP contribution < -0.4 is 14.8 Å². The summed E-state index contributed by atoms with van der Waals surface area (Å²) in [4.78, 5) is 26.6. The number of fused-ring (bicyclic) bond motifs is 1. The average Bonchev–Trinajstić information content (AvgIpc) is 3.37. The van der Waals surface area contributed by atoms with E-state index < -0.39 is 0 Å². The number of amides is 2. The van der Waals surface area contributed by atoms with Gasteiger partial charge in [0.25, 0.3) is 5.91 Å². The highest BCUT2D eigenvalue weighted by atomic mass is 16.7. The number of aromatic nitrogens is 2. The molecular weight excluding hydrogens is 396 g/mol. The lowest BCUT2D eigenvalue weighted by Crippen LogP contribution is -2.38. The molecule has 0 atom stereocenters. The minimum atomic E-state index is -0.343. The summed E-state index contributed by atoms with van der Waals surface area (Å²) in [6.07, 6.45) is 0. The molecule has 0 fully saturated rings.